The van der Waals surface area contributed by atoms with E-state index in [1.165, 1.54) is 0 Å². The van der Waals surface area contributed by atoms with Crippen LogP contribution in [0.1, 0.15) is 0 Å². The van der Waals surface area contributed by atoms with Gasteiger partial charge < -0.3 is 0 Å². The van der Waals surface area contributed by atoms with E-state index < -0.39 is 36.1 Å². The van der Waals surface area contributed by atoms with Gasteiger partial charge in [0, 0.05) is 60.9 Å². The van der Waals surface area contributed by atoms with Crippen molar-refractivity contribution in [2.75, 3.05) is 80.0 Å². The van der Waals surface area contributed by atoms with E-state index >= 15 is 0 Å². The van der Waals surface area contributed by atoms with Gasteiger partial charge in [0.05, 0.1) is 0 Å². The summed E-state index contributed by atoms with van der Waals surface area (Å²) in [6, 6.07) is 0. The fourth-order valence-corrected chi connectivity index (χ4v) is 15.9. The second kappa shape index (κ2) is 8.90. The van der Waals surface area contributed by atoms with Crippen molar-refractivity contribution in [2.24, 2.45) is 18.1 Å². The maximum Gasteiger partial charge on any atom is 0.486 e. The van der Waals surface area contributed by atoms with Gasteiger partial charge in [0.15, 0.2) is 0 Å². The van der Waals surface area contributed by atoms with E-state index in [-0.39, 0.29) is 32.7 Å². The van der Waals surface area contributed by atoms with Crippen molar-refractivity contribution < 1.29 is 32.7 Å². The van der Waals surface area contributed by atoms with Crippen LogP contribution in [0.25, 0.3) is 0 Å². The molecule has 4 nitrogen and oxygen atoms in total. The van der Waals surface area contributed by atoms with Crippen LogP contribution < -0.4 is 0 Å². The molecule has 10 heteroatoms. The molecule has 0 amide bonds. The summed E-state index contributed by atoms with van der Waals surface area (Å²) in [6.07, 6.45) is 0. The first-order valence-electron chi connectivity index (χ1n) is 6.97. The average molecular weight is 480 g/mol. The Balaban J connectivity index is 0. The Morgan fingerprint density at radius 2 is 0.545 bits per heavy atom. The van der Waals surface area contributed by atoms with Crippen molar-refractivity contribution in [3.63, 3.8) is 0 Å². The predicted molar refractivity (Wildman–Crippen MR) is 115 cm³/mol. The Morgan fingerprint density at radius 1 is 0.409 bits per heavy atom. The third-order valence-electron chi connectivity index (χ3n) is 1.55. The Kier molecular flexibility index (Phi) is 10.8. The zero-order chi connectivity index (χ0) is 17.3. The molecule has 0 aromatic rings. The first-order valence-corrected chi connectivity index (χ1v) is 20.9. The minimum Gasteiger partial charge on any atom is -0.0751 e. The van der Waals surface area contributed by atoms with Crippen LogP contribution >= 0.6 is 36.1 Å². The second-order valence-corrected chi connectivity index (χ2v) is 28.1. The molecule has 131 valence electrons. The maximum absolute atomic E-state index is 5.20. The van der Waals surface area contributed by atoms with Gasteiger partial charge in [-0.05, 0) is 80.0 Å². The number of hydrogen-bond donors (Lipinski definition) is 0. The predicted octanol–water partition coefficient (Wildman–Crippen LogP) is 7.02. The van der Waals surface area contributed by atoms with Gasteiger partial charge in [-0.25, -0.2) is 0 Å². The van der Waals surface area contributed by atoms with Gasteiger partial charge in [-0.3, -0.25) is 0 Å². The fourth-order valence-electron chi connectivity index (χ4n) is 1.55. The number of hydrogen-bond acceptors (Lipinski definition) is 4. The van der Waals surface area contributed by atoms with Gasteiger partial charge in [0.25, 0.3) is 0 Å². The molecule has 0 aliphatic carbocycles. The molecule has 0 saturated carbocycles. The SMILES string of the molecule is CP(C)(C)=N[P+](N=P(C)(C)C)(N=P(C)(C)C)N=P(C)(C)C.[Y]. The first kappa shape index (κ1) is 26.7. The molecule has 0 aromatic carbocycles. The Morgan fingerprint density at radius 3 is 0.636 bits per heavy atom. The summed E-state index contributed by atoms with van der Waals surface area (Å²) in [5.41, 5.74) is 0. The van der Waals surface area contributed by atoms with Crippen LogP contribution in [0.15, 0.2) is 18.1 Å². The van der Waals surface area contributed by atoms with Crippen molar-refractivity contribution in [1.29, 1.82) is 0 Å². The van der Waals surface area contributed by atoms with Gasteiger partial charge >= 0.3 is 7.87 Å². The third kappa shape index (κ3) is 14.8. The van der Waals surface area contributed by atoms with Crippen molar-refractivity contribution in [2.45, 2.75) is 0 Å². The van der Waals surface area contributed by atoms with Crippen molar-refractivity contribution in [1.82, 2.24) is 0 Å². The zero-order valence-electron chi connectivity index (χ0n) is 16.6. The van der Waals surface area contributed by atoms with Gasteiger partial charge in [-0.2, -0.15) is 0 Å². The third-order valence-corrected chi connectivity index (χ3v) is 14.0. The van der Waals surface area contributed by atoms with Crippen LogP contribution in [0, 0.1) is 0 Å². The minimum absolute atomic E-state index is 0. The molecule has 0 rings (SSSR count). The van der Waals surface area contributed by atoms with Crippen LogP contribution in [0.5, 0.6) is 0 Å². The monoisotopic (exact) mass is 480 g/mol. The van der Waals surface area contributed by atoms with Gasteiger partial charge in [-0.1, -0.05) is 18.1 Å². The van der Waals surface area contributed by atoms with Crippen molar-refractivity contribution in [3.05, 3.63) is 0 Å². The molecule has 0 aliphatic heterocycles. The summed E-state index contributed by atoms with van der Waals surface area (Å²) in [4.78, 5) is 0. The van der Waals surface area contributed by atoms with Gasteiger partial charge in [0.1, 0.15) is 0 Å². The summed E-state index contributed by atoms with van der Waals surface area (Å²) in [5, 5.41) is 0. The first-order chi connectivity index (χ1) is 8.83. The molecule has 22 heavy (non-hydrogen) atoms. The van der Waals surface area contributed by atoms with E-state index in [2.05, 4.69) is 80.0 Å². The molecule has 0 saturated heterocycles. The van der Waals surface area contributed by atoms with Crippen LogP contribution in [-0.4, -0.2) is 80.0 Å². The molecular weight excluding hydrogens is 444 g/mol. The molecule has 0 bridgehead atoms. The van der Waals surface area contributed by atoms with E-state index in [1.807, 2.05) is 0 Å². The molecule has 0 aromatic heterocycles. The van der Waals surface area contributed by atoms with E-state index in [0.717, 1.165) is 0 Å². The molecule has 0 N–H and O–H groups in total. The standard InChI is InChI=1S/C12H36N4P5.Y/c1-17(2,3)13-21(14-18(4,5)6,15-19(7,8)9)16-20(10,11)12;/h1-12H3;/q+1;. The molecule has 0 atom stereocenters. The normalized spacial score (nSPS) is 14.0. The topological polar surface area (TPSA) is 49.4 Å². The van der Waals surface area contributed by atoms with E-state index in [4.69, 9.17) is 18.1 Å². The van der Waals surface area contributed by atoms with E-state index in [9.17, 15) is 0 Å². The van der Waals surface area contributed by atoms with Crippen LogP contribution in [0.3, 0.4) is 0 Å². The fraction of sp³-hybridized carbons (Fsp3) is 1.00. The maximum atomic E-state index is 5.20. The van der Waals surface area contributed by atoms with Crippen molar-refractivity contribution in [3.8, 4) is 0 Å². The Labute approximate surface area is 165 Å². The smallest absolute Gasteiger partial charge is 0.0751 e. The van der Waals surface area contributed by atoms with Gasteiger partial charge in [-0.15, -0.1) is 0 Å². The van der Waals surface area contributed by atoms with Crippen molar-refractivity contribution >= 4 is 36.1 Å². The molecule has 0 fully saturated rings. The molecule has 0 unspecified atom stereocenters. The largest absolute Gasteiger partial charge is 0.486 e. The second-order valence-electron chi connectivity index (χ2n) is 8.66. The summed E-state index contributed by atoms with van der Waals surface area (Å²) in [6.45, 7) is 26.9. The summed E-state index contributed by atoms with van der Waals surface area (Å²) in [7, 11) is -7.68. The molecular formula is C12H36N4P5Y+. The Hall–Kier alpha value is 2.45. The van der Waals surface area contributed by atoms with Crippen LogP contribution in [0.2, 0.25) is 0 Å². The molecule has 0 spiro atoms. The minimum atomic E-state index is -2.28. The summed E-state index contributed by atoms with van der Waals surface area (Å²) >= 11 is 0. The van der Waals surface area contributed by atoms with Crippen LogP contribution in [0.4, 0.5) is 0 Å². The summed E-state index contributed by atoms with van der Waals surface area (Å²) < 4.78 is 20.8. The molecule has 0 heterocycles. The zero-order valence-corrected chi connectivity index (χ0v) is 23.9. The van der Waals surface area contributed by atoms with E-state index in [1.54, 1.807) is 0 Å². The number of rotatable bonds is 4. The van der Waals surface area contributed by atoms with E-state index in [0.29, 0.717) is 0 Å². The van der Waals surface area contributed by atoms with Gasteiger partial charge in [0.2, 0.25) is 0 Å². The summed E-state index contributed by atoms with van der Waals surface area (Å²) in [5.74, 6) is 0. The van der Waals surface area contributed by atoms with Crippen LogP contribution in [-0.2, 0) is 32.7 Å². The Bertz CT molecular complexity index is 456. The quantitative estimate of drug-likeness (QED) is 0.389. The molecule has 1 radical (unpaired) electrons. The number of nitrogens with zero attached hydrogens (tertiary/aromatic N) is 4. The molecule has 0 aliphatic rings. The average Bonchev–Trinajstić information content (AvgIpc) is 1.83.